The molecule has 0 aliphatic rings. The Balaban J connectivity index is 1.66. The summed E-state index contributed by atoms with van der Waals surface area (Å²) in [5, 5.41) is 4.20. The molecule has 1 atom stereocenters. The van der Waals surface area contributed by atoms with E-state index < -0.39 is 5.25 Å². The van der Waals surface area contributed by atoms with Crippen molar-refractivity contribution in [1.29, 1.82) is 0 Å². The molecule has 1 aromatic heterocycles. The molecule has 26 heavy (non-hydrogen) atoms. The van der Waals surface area contributed by atoms with Crippen molar-refractivity contribution in [3.05, 3.63) is 80.5 Å². The molecule has 0 saturated heterocycles. The fourth-order valence-electron chi connectivity index (χ4n) is 2.25. The molecule has 7 heteroatoms. The van der Waals surface area contributed by atoms with Gasteiger partial charge in [0.1, 0.15) is 17.6 Å². The average molecular weight is 444 g/mol. The van der Waals surface area contributed by atoms with Gasteiger partial charge in [-0.2, -0.15) is 11.3 Å². The number of hydrogen-bond acceptors (Lipinski definition) is 4. The molecule has 0 amide bonds. The summed E-state index contributed by atoms with van der Waals surface area (Å²) in [6.45, 7) is 0.280. The Labute approximate surface area is 175 Å². The van der Waals surface area contributed by atoms with Crippen LogP contribution in [0.1, 0.15) is 16.4 Å². The van der Waals surface area contributed by atoms with Crippen LogP contribution < -0.4 is 4.74 Å². The molecular formula is C19H13Cl3O2S2. The lowest BCUT2D eigenvalue weighted by Gasteiger charge is -2.12. The topological polar surface area (TPSA) is 26.3 Å². The summed E-state index contributed by atoms with van der Waals surface area (Å²) in [4.78, 5) is 12.7. The summed E-state index contributed by atoms with van der Waals surface area (Å²) in [5.74, 6) is 0.689. The van der Waals surface area contributed by atoms with Crippen molar-refractivity contribution in [1.82, 2.24) is 0 Å². The highest BCUT2D eigenvalue weighted by molar-refractivity contribution is 8.00. The molecule has 0 saturated carbocycles. The largest absolute Gasteiger partial charge is 0.489 e. The molecule has 2 nitrogen and oxygen atoms in total. The van der Waals surface area contributed by atoms with E-state index in [0.717, 1.165) is 16.0 Å². The molecule has 0 spiro atoms. The van der Waals surface area contributed by atoms with Crippen LogP contribution >= 0.6 is 57.9 Å². The van der Waals surface area contributed by atoms with E-state index in [-0.39, 0.29) is 11.8 Å². The maximum absolute atomic E-state index is 11.7. The van der Waals surface area contributed by atoms with Crippen LogP contribution in [-0.2, 0) is 11.4 Å². The molecule has 2 aromatic carbocycles. The monoisotopic (exact) mass is 442 g/mol. The minimum Gasteiger partial charge on any atom is -0.489 e. The Kier molecular flexibility index (Phi) is 6.90. The molecule has 3 rings (SSSR count). The van der Waals surface area contributed by atoms with Gasteiger partial charge in [0.05, 0.1) is 0 Å². The van der Waals surface area contributed by atoms with Crippen LogP contribution in [0.4, 0.5) is 0 Å². The first-order chi connectivity index (χ1) is 12.5. The van der Waals surface area contributed by atoms with E-state index in [1.54, 1.807) is 18.2 Å². The van der Waals surface area contributed by atoms with Crippen molar-refractivity contribution in [3.8, 4) is 5.75 Å². The van der Waals surface area contributed by atoms with Crippen LogP contribution in [0.15, 0.2) is 64.2 Å². The van der Waals surface area contributed by atoms with Crippen LogP contribution in [0, 0.1) is 0 Å². The summed E-state index contributed by atoms with van der Waals surface area (Å²) in [7, 11) is 0. The van der Waals surface area contributed by atoms with Crippen molar-refractivity contribution in [2.75, 3.05) is 0 Å². The van der Waals surface area contributed by atoms with E-state index in [1.807, 2.05) is 41.1 Å². The SMILES string of the molecule is O=C(Cl)C(Sc1ccc(OCc2c(Cl)cccc2Cl)cc1)c1ccsc1. The van der Waals surface area contributed by atoms with E-state index in [4.69, 9.17) is 39.5 Å². The molecule has 0 bridgehead atoms. The van der Waals surface area contributed by atoms with Gasteiger partial charge in [0.2, 0.25) is 5.24 Å². The molecular weight excluding hydrogens is 431 g/mol. The number of halogens is 3. The minimum absolute atomic E-state index is 0.280. The first kappa shape index (κ1) is 19.6. The maximum Gasteiger partial charge on any atom is 0.239 e. The third-order valence-electron chi connectivity index (χ3n) is 3.57. The molecule has 0 aliphatic carbocycles. The lowest BCUT2D eigenvalue weighted by Crippen LogP contribution is -2.01. The highest BCUT2D eigenvalue weighted by Crippen LogP contribution is 2.38. The van der Waals surface area contributed by atoms with E-state index in [2.05, 4.69) is 0 Å². The second-order valence-electron chi connectivity index (χ2n) is 5.32. The molecule has 1 unspecified atom stereocenters. The average Bonchev–Trinajstić information content (AvgIpc) is 3.14. The zero-order valence-electron chi connectivity index (χ0n) is 13.3. The Morgan fingerprint density at radius 2 is 1.77 bits per heavy atom. The fraction of sp³-hybridized carbons (Fsp3) is 0.105. The van der Waals surface area contributed by atoms with Crippen LogP contribution in [0.2, 0.25) is 10.0 Å². The molecule has 0 N–H and O–H groups in total. The first-order valence-electron chi connectivity index (χ1n) is 7.58. The molecule has 134 valence electrons. The number of carbonyl (C=O) groups is 1. The molecule has 0 fully saturated rings. The maximum atomic E-state index is 11.7. The lowest BCUT2D eigenvalue weighted by molar-refractivity contribution is -0.111. The summed E-state index contributed by atoms with van der Waals surface area (Å²) < 4.78 is 5.76. The van der Waals surface area contributed by atoms with Gasteiger partial charge in [-0.15, -0.1) is 11.8 Å². The van der Waals surface area contributed by atoms with Gasteiger partial charge >= 0.3 is 0 Å². The predicted octanol–water partition coefficient (Wildman–Crippen LogP) is 7.23. The fourth-order valence-corrected chi connectivity index (χ4v) is 4.72. The lowest BCUT2D eigenvalue weighted by atomic mass is 10.2. The number of hydrogen-bond donors (Lipinski definition) is 0. The summed E-state index contributed by atoms with van der Waals surface area (Å²) >= 11 is 21.0. The van der Waals surface area contributed by atoms with Gasteiger partial charge < -0.3 is 4.74 Å². The van der Waals surface area contributed by atoms with Crippen LogP contribution in [0.25, 0.3) is 0 Å². The van der Waals surface area contributed by atoms with Crippen LogP contribution in [-0.4, -0.2) is 5.24 Å². The minimum atomic E-state index is -0.420. The highest BCUT2D eigenvalue weighted by Gasteiger charge is 2.20. The predicted molar refractivity (Wildman–Crippen MR) is 111 cm³/mol. The van der Waals surface area contributed by atoms with Gasteiger partial charge in [-0.1, -0.05) is 29.3 Å². The number of thiophene rings is 1. The number of ether oxygens (including phenoxy) is 1. The van der Waals surface area contributed by atoms with Gasteiger partial charge in [0, 0.05) is 20.5 Å². The van der Waals surface area contributed by atoms with Crippen LogP contribution in [0.5, 0.6) is 5.75 Å². The van der Waals surface area contributed by atoms with Gasteiger partial charge in [-0.3, -0.25) is 4.79 Å². The number of benzene rings is 2. The van der Waals surface area contributed by atoms with Gasteiger partial charge in [0.15, 0.2) is 0 Å². The normalized spacial score (nSPS) is 12.0. The summed E-state index contributed by atoms with van der Waals surface area (Å²) in [6, 6.07) is 14.7. The van der Waals surface area contributed by atoms with Gasteiger partial charge in [0.25, 0.3) is 0 Å². The Bertz CT molecular complexity index is 860. The molecule has 3 aromatic rings. The third-order valence-corrected chi connectivity index (χ3v) is 6.60. The highest BCUT2D eigenvalue weighted by atomic mass is 35.5. The van der Waals surface area contributed by atoms with Gasteiger partial charge in [-0.05, 0) is 70.4 Å². The number of carbonyl (C=O) groups excluding carboxylic acids is 1. The standard InChI is InChI=1S/C19H13Cl3O2S2/c20-16-2-1-3-17(21)15(16)10-24-13-4-6-14(7-5-13)26-18(19(22)23)12-8-9-25-11-12/h1-9,11,18H,10H2. The summed E-state index contributed by atoms with van der Waals surface area (Å²) in [6.07, 6.45) is 0. The zero-order chi connectivity index (χ0) is 18.5. The van der Waals surface area contributed by atoms with Crippen molar-refractivity contribution in [3.63, 3.8) is 0 Å². The molecule has 1 heterocycles. The van der Waals surface area contributed by atoms with E-state index >= 15 is 0 Å². The second-order valence-corrected chi connectivity index (χ2v) is 8.46. The molecule has 0 radical (unpaired) electrons. The van der Waals surface area contributed by atoms with Crippen molar-refractivity contribution >= 4 is 63.1 Å². The Hall–Kier alpha value is -1.17. The first-order valence-corrected chi connectivity index (χ1v) is 10.5. The molecule has 0 aliphatic heterocycles. The van der Waals surface area contributed by atoms with Gasteiger partial charge in [-0.25, -0.2) is 0 Å². The Morgan fingerprint density at radius 3 is 2.35 bits per heavy atom. The smallest absolute Gasteiger partial charge is 0.239 e. The van der Waals surface area contributed by atoms with E-state index in [9.17, 15) is 4.79 Å². The van der Waals surface area contributed by atoms with Crippen molar-refractivity contribution < 1.29 is 9.53 Å². The number of thioether (sulfide) groups is 1. The third kappa shape index (κ3) is 4.96. The Morgan fingerprint density at radius 1 is 1.08 bits per heavy atom. The van der Waals surface area contributed by atoms with E-state index in [0.29, 0.717) is 15.8 Å². The number of rotatable bonds is 7. The van der Waals surface area contributed by atoms with Crippen molar-refractivity contribution in [2.45, 2.75) is 16.8 Å². The van der Waals surface area contributed by atoms with E-state index in [1.165, 1.54) is 23.1 Å². The van der Waals surface area contributed by atoms with Crippen LogP contribution in [0.3, 0.4) is 0 Å². The summed E-state index contributed by atoms with van der Waals surface area (Å²) in [5.41, 5.74) is 1.66. The quantitative estimate of drug-likeness (QED) is 0.284. The second kappa shape index (κ2) is 9.16. The van der Waals surface area contributed by atoms with Crippen molar-refractivity contribution in [2.24, 2.45) is 0 Å². The zero-order valence-corrected chi connectivity index (χ0v) is 17.2.